The van der Waals surface area contributed by atoms with Gasteiger partial charge in [0.25, 0.3) is 0 Å². The van der Waals surface area contributed by atoms with E-state index in [4.69, 9.17) is 4.84 Å². The van der Waals surface area contributed by atoms with Crippen molar-refractivity contribution in [3.8, 4) is 0 Å². The number of hydrogen-bond acceptors (Lipinski definition) is 7. The van der Waals surface area contributed by atoms with Crippen molar-refractivity contribution < 1.29 is 4.84 Å². The SMILES string of the molecule is CN1NOC=C1c1nc2cccnc2n1Cc1cncnc1. The van der Waals surface area contributed by atoms with Crippen LogP contribution in [0.15, 0.2) is 43.3 Å². The lowest BCUT2D eigenvalue weighted by Gasteiger charge is -2.14. The molecule has 0 aromatic carbocycles. The Kier molecular flexibility index (Phi) is 2.94. The van der Waals surface area contributed by atoms with Gasteiger partial charge in [0.15, 0.2) is 11.5 Å². The highest BCUT2D eigenvalue weighted by atomic mass is 16.7. The molecule has 0 amide bonds. The summed E-state index contributed by atoms with van der Waals surface area (Å²) in [6, 6.07) is 3.81. The van der Waals surface area contributed by atoms with E-state index in [2.05, 4.69) is 25.5 Å². The zero-order valence-electron chi connectivity index (χ0n) is 11.8. The fourth-order valence-corrected chi connectivity index (χ4v) is 2.39. The fourth-order valence-electron chi connectivity index (χ4n) is 2.39. The summed E-state index contributed by atoms with van der Waals surface area (Å²) in [6.45, 7) is 0.578. The van der Waals surface area contributed by atoms with Crippen LogP contribution in [-0.2, 0) is 11.4 Å². The van der Waals surface area contributed by atoms with Gasteiger partial charge in [0.2, 0.25) is 0 Å². The van der Waals surface area contributed by atoms with E-state index >= 15 is 0 Å². The maximum absolute atomic E-state index is 5.14. The molecule has 0 atom stereocenters. The Morgan fingerprint density at radius 1 is 1.27 bits per heavy atom. The number of hydrazine groups is 1. The third kappa shape index (κ3) is 2.06. The Labute approximate surface area is 126 Å². The highest BCUT2D eigenvalue weighted by molar-refractivity contribution is 5.76. The molecule has 1 aliphatic heterocycles. The molecule has 1 aliphatic rings. The van der Waals surface area contributed by atoms with Crippen LogP contribution in [0.3, 0.4) is 0 Å². The lowest BCUT2D eigenvalue weighted by Crippen LogP contribution is -2.26. The molecule has 0 saturated heterocycles. The first-order valence-corrected chi connectivity index (χ1v) is 6.73. The highest BCUT2D eigenvalue weighted by Gasteiger charge is 2.22. The first-order valence-electron chi connectivity index (χ1n) is 6.73. The van der Waals surface area contributed by atoms with E-state index in [-0.39, 0.29) is 0 Å². The van der Waals surface area contributed by atoms with Gasteiger partial charge in [0.1, 0.15) is 23.8 Å². The average molecular weight is 295 g/mol. The summed E-state index contributed by atoms with van der Waals surface area (Å²) in [4.78, 5) is 22.4. The van der Waals surface area contributed by atoms with Gasteiger partial charge in [-0.05, 0) is 12.1 Å². The molecular weight excluding hydrogens is 282 g/mol. The van der Waals surface area contributed by atoms with Gasteiger partial charge in [-0.1, -0.05) is 5.59 Å². The van der Waals surface area contributed by atoms with Crippen molar-refractivity contribution in [3.63, 3.8) is 0 Å². The molecule has 22 heavy (non-hydrogen) atoms. The third-order valence-electron chi connectivity index (χ3n) is 3.41. The third-order valence-corrected chi connectivity index (χ3v) is 3.41. The molecule has 4 rings (SSSR count). The normalized spacial score (nSPS) is 14.2. The van der Waals surface area contributed by atoms with Gasteiger partial charge in [-0.3, -0.25) is 5.01 Å². The number of nitrogens with zero attached hydrogens (tertiary/aromatic N) is 6. The second kappa shape index (κ2) is 5.08. The zero-order valence-corrected chi connectivity index (χ0v) is 11.8. The van der Waals surface area contributed by atoms with E-state index < -0.39 is 0 Å². The molecule has 0 bridgehead atoms. The Morgan fingerprint density at radius 3 is 2.91 bits per heavy atom. The maximum atomic E-state index is 5.14. The van der Waals surface area contributed by atoms with Crippen LogP contribution in [0.1, 0.15) is 11.4 Å². The predicted octanol–water partition coefficient (Wildman–Crippen LogP) is 0.950. The molecule has 1 N–H and O–H groups in total. The van der Waals surface area contributed by atoms with Crippen LogP contribution < -0.4 is 5.59 Å². The Morgan fingerprint density at radius 2 is 2.14 bits per heavy atom. The number of fused-ring (bicyclic) bond motifs is 1. The summed E-state index contributed by atoms with van der Waals surface area (Å²) in [7, 11) is 1.86. The number of pyridine rings is 1. The van der Waals surface area contributed by atoms with Gasteiger partial charge < -0.3 is 9.40 Å². The van der Waals surface area contributed by atoms with Crippen LogP contribution >= 0.6 is 0 Å². The highest BCUT2D eigenvalue weighted by Crippen LogP contribution is 2.24. The van der Waals surface area contributed by atoms with Crippen molar-refractivity contribution in [1.82, 2.24) is 35.1 Å². The van der Waals surface area contributed by atoms with Crippen molar-refractivity contribution in [3.05, 3.63) is 54.7 Å². The van der Waals surface area contributed by atoms with E-state index in [1.54, 1.807) is 29.9 Å². The first-order chi connectivity index (χ1) is 10.8. The topological polar surface area (TPSA) is 81.0 Å². The van der Waals surface area contributed by atoms with E-state index in [1.165, 1.54) is 6.33 Å². The molecular formula is C14H13N7O. The molecule has 8 heteroatoms. The molecule has 3 aromatic rings. The molecule has 0 saturated carbocycles. The van der Waals surface area contributed by atoms with Gasteiger partial charge in [-0.2, -0.15) is 0 Å². The minimum Gasteiger partial charge on any atom is -0.394 e. The molecule has 0 spiro atoms. The van der Waals surface area contributed by atoms with Gasteiger partial charge in [-0.25, -0.2) is 19.9 Å². The quantitative estimate of drug-likeness (QED) is 0.770. The van der Waals surface area contributed by atoms with E-state index in [0.29, 0.717) is 6.54 Å². The monoisotopic (exact) mass is 295 g/mol. The Bertz CT molecular complexity index is 843. The molecule has 110 valence electrons. The molecule has 0 aliphatic carbocycles. The molecule has 0 fully saturated rings. The van der Waals surface area contributed by atoms with Gasteiger partial charge in [0.05, 0.1) is 6.54 Å². The van der Waals surface area contributed by atoms with Gasteiger partial charge in [0, 0.05) is 31.2 Å². The van der Waals surface area contributed by atoms with Gasteiger partial charge >= 0.3 is 0 Å². The number of nitrogens with one attached hydrogen (secondary N) is 1. The van der Waals surface area contributed by atoms with Crippen LogP contribution in [0.2, 0.25) is 0 Å². The molecule has 0 unspecified atom stereocenters. The number of imidazole rings is 1. The number of hydrogen-bond donors (Lipinski definition) is 1. The predicted molar refractivity (Wildman–Crippen MR) is 78.6 cm³/mol. The minimum atomic E-state index is 0.578. The summed E-state index contributed by atoms with van der Waals surface area (Å²) in [6.07, 6.45) is 8.46. The van der Waals surface area contributed by atoms with E-state index in [1.807, 2.05) is 23.7 Å². The summed E-state index contributed by atoms with van der Waals surface area (Å²) < 4.78 is 2.02. The number of aromatic nitrogens is 5. The van der Waals surface area contributed by atoms with Crippen molar-refractivity contribution in [2.45, 2.75) is 6.54 Å². The molecule has 4 heterocycles. The molecule has 0 radical (unpaired) electrons. The zero-order chi connectivity index (χ0) is 14.9. The standard InChI is InChI=1S/C14H13N7O/c1-20-12(8-22-19-20)14-18-11-3-2-4-17-13(11)21(14)7-10-5-15-9-16-6-10/h2-6,8-9,19H,7H2,1H3. The Balaban J connectivity index is 1.87. The van der Waals surface area contributed by atoms with Crippen molar-refractivity contribution in [1.29, 1.82) is 0 Å². The molecule has 8 nitrogen and oxygen atoms in total. The van der Waals surface area contributed by atoms with Crippen LogP contribution in [0.4, 0.5) is 0 Å². The van der Waals surface area contributed by atoms with E-state index in [9.17, 15) is 0 Å². The fraction of sp³-hybridized carbons (Fsp3) is 0.143. The maximum Gasteiger partial charge on any atom is 0.163 e. The van der Waals surface area contributed by atoms with E-state index in [0.717, 1.165) is 28.2 Å². The van der Waals surface area contributed by atoms with Crippen molar-refractivity contribution >= 4 is 16.9 Å². The second-order valence-electron chi connectivity index (χ2n) is 4.89. The Hall–Kier alpha value is -3.00. The lowest BCUT2D eigenvalue weighted by atomic mass is 10.3. The summed E-state index contributed by atoms with van der Waals surface area (Å²) in [5.41, 5.74) is 6.19. The first kappa shape index (κ1) is 12.7. The van der Waals surface area contributed by atoms with Crippen LogP contribution in [-0.4, -0.2) is 36.6 Å². The van der Waals surface area contributed by atoms with Crippen LogP contribution in [0.25, 0.3) is 16.9 Å². The minimum absolute atomic E-state index is 0.578. The number of rotatable bonds is 3. The largest absolute Gasteiger partial charge is 0.394 e. The smallest absolute Gasteiger partial charge is 0.163 e. The average Bonchev–Trinajstić information content (AvgIpc) is 3.12. The van der Waals surface area contributed by atoms with Crippen molar-refractivity contribution in [2.75, 3.05) is 7.05 Å². The summed E-state index contributed by atoms with van der Waals surface area (Å²) in [5.74, 6) is 0.769. The van der Waals surface area contributed by atoms with Crippen LogP contribution in [0.5, 0.6) is 0 Å². The second-order valence-corrected chi connectivity index (χ2v) is 4.89. The van der Waals surface area contributed by atoms with Crippen molar-refractivity contribution in [2.24, 2.45) is 0 Å². The van der Waals surface area contributed by atoms with Crippen LogP contribution in [0, 0.1) is 0 Å². The molecule has 3 aromatic heterocycles. The summed E-state index contributed by atoms with van der Waals surface area (Å²) >= 11 is 0. The van der Waals surface area contributed by atoms with Gasteiger partial charge in [-0.15, -0.1) is 0 Å². The summed E-state index contributed by atoms with van der Waals surface area (Å²) in [5, 5.41) is 1.76. The lowest BCUT2D eigenvalue weighted by molar-refractivity contribution is 0.0551.